The maximum absolute atomic E-state index is 13.2. The molecule has 1 aromatic carbocycles. The number of thioether (sulfide) groups is 1. The summed E-state index contributed by atoms with van der Waals surface area (Å²) in [6, 6.07) is 7.33. The second kappa shape index (κ2) is 6.45. The fraction of sp³-hybridized carbons (Fsp3) is 0.316. The quantitative estimate of drug-likeness (QED) is 0.711. The zero-order chi connectivity index (χ0) is 18.4. The monoisotopic (exact) mass is 381 g/mol. The van der Waals surface area contributed by atoms with Crippen LogP contribution < -0.4 is 0 Å². The molecule has 0 aliphatic carbocycles. The van der Waals surface area contributed by atoms with E-state index in [4.69, 9.17) is 0 Å². The van der Waals surface area contributed by atoms with Crippen LogP contribution in [0.4, 0.5) is 0 Å². The SMILES string of the molecule is O=C(C1CSCN1C(=O)c1c[nH]c2ccccc12)N1CCc2[nH]ncc2C1. The van der Waals surface area contributed by atoms with E-state index in [-0.39, 0.29) is 11.8 Å². The first-order chi connectivity index (χ1) is 13.2. The highest BCUT2D eigenvalue weighted by Gasteiger charge is 2.38. The van der Waals surface area contributed by atoms with Crippen LogP contribution in [0.3, 0.4) is 0 Å². The molecule has 2 aliphatic rings. The molecule has 138 valence electrons. The summed E-state index contributed by atoms with van der Waals surface area (Å²) in [7, 11) is 0. The van der Waals surface area contributed by atoms with E-state index < -0.39 is 6.04 Å². The van der Waals surface area contributed by atoms with E-state index in [1.807, 2.05) is 29.2 Å². The third kappa shape index (κ3) is 2.71. The summed E-state index contributed by atoms with van der Waals surface area (Å²) in [5.41, 5.74) is 3.72. The molecule has 27 heavy (non-hydrogen) atoms. The van der Waals surface area contributed by atoms with Gasteiger partial charge in [0, 0.05) is 53.6 Å². The molecule has 0 radical (unpaired) electrons. The largest absolute Gasteiger partial charge is 0.360 e. The van der Waals surface area contributed by atoms with Crippen molar-refractivity contribution in [2.75, 3.05) is 18.2 Å². The van der Waals surface area contributed by atoms with E-state index in [1.165, 1.54) is 0 Å². The Morgan fingerprint density at radius 3 is 3.07 bits per heavy atom. The smallest absolute Gasteiger partial charge is 0.257 e. The molecular formula is C19H19N5O2S. The van der Waals surface area contributed by atoms with Gasteiger partial charge in [-0.1, -0.05) is 18.2 Å². The first kappa shape index (κ1) is 16.4. The van der Waals surface area contributed by atoms with Gasteiger partial charge >= 0.3 is 0 Å². The summed E-state index contributed by atoms with van der Waals surface area (Å²) in [5.74, 6) is 1.12. The molecule has 2 amide bonds. The number of aromatic nitrogens is 3. The molecule has 7 nitrogen and oxygen atoms in total. The molecule has 2 aliphatic heterocycles. The number of hydrogen-bond acceptors (Lipinski definition) is 4. The molecule has 1 unspecified atom stereocenters. The number of benzene rings is 1. The number of aromatic amines is 2. The van der Waals surface area contributed by atoms with Crippen LogP contribution in [-0.2, 0) is 17.8 Å². The van der Waals surface area contributed by atoms with Crippen LogP contribution in [0.15, 0.2) is 36.7 Å². The lowest BCUT2D eigenvalue weighted by Gasteiger charge is -2.32. The molecule has 1 atom stereocenters. The van der Waals surface area contributed by atoms with Gasteiger partial charge in [0.1, 0.15) is 6.04 Å². The Bertz CT molecular complexity index is 1030. The van der Waals surface area contributed by atoms with Crippen LogP contribution in [0.1, 0.15) is 21.6 Å². The fourth-order valence-electron chi connectivity index (χ4n) is 3.87. The van der Waals surface area contributed by atoms with Gasteiger partial charge in [0.15, 0.2) is 0 Å². The Hall–Kier alpha value is -2.74. The summed E-state index contributed by atoms with van der Waals surface area (Å²) in [6.07, 6.45) is 4.31. The maximum atomic E-state index is 13.2. The number of hydrogen-bond donors (Lipinski definition) is 2. The lowest BCUT2D eigenvalue weighted by molar-refractivity contribution is -0.135. The molecule has 0 bridgehead atoms. The van der Waals surface area contributed by atoms with Gasteiger partial charge < -0.3 is 14.8 Å². The normalized spacial score (nSPS) is 19.5. The summed E-state index contributed by atoms with van der Waals surface area (Å²) >= 11 is 1.63. The van der Waals surface area contributed by atoms with Crippen LogP contribution in [0.2, 0.25) is 0 Å². The van der Waals surface area contributed by atoms with Crippen molar-refractivity contribution in [3.63, 3.8) is 0 Å². The number of carbonyl (C=O) groups excluding carboxylic acids is 2. The number of fused-ring (bicyclic) bond motifs is 2. The van der Waals surface area contributed by atoms with Crippen LogP contribution in [0.5, 0.6) is 0 Å². The number of H-pyrrole nitrogens is 2. The third-order valence-electron chi connectivity index (χ3n) is 5.36. The van der Waals surface area contributed by atoms with Gasteiger partial charge in [-0.05, 0) is 6.07 Å². The maximum Gasteiger partial charge on any atom is 0.257 e. The zero-order valence-corrected chi connectivity index (χ0v) is 15.5. The lowest BCUT2D eigenvalue weighted by atomic mass is 10.1. The topological polar surface area (TPSA) is 85.1 Å². The Balaban J connectivity index is 1.39. The van der Waals surface area contributed by atoms with E-state index in [2.05, 4.69) is 15.2 Å². The number of nitrogens with one attached hydrogen (secondary N) is 2. The highest BCUT2D eigenvalue weighted by molar-refractivity contribution is 7.99. The lowest BCUT2D eigenvalue weighted by Crippen LogP contribution is -2.50. The van der Waals surface area contributed by atoms with Crippen LogP contribution in [-0.4, -0.2) is 61.0 Å². The van der Waals surface area contributed by atoms with Gasteiger partial charge in [0.2, 0.25) is 5.91 Å². The van der Waals surface area contributed by atoms with Gasteiger partial charge in [-0.2, -0.15) is 5.10 Å². The van der Waals surface area contributed by atoms with Crippen molar-refractivity contribution in [3.8, 4) is 0 Å². The predicted molar refractivity (Wildman–Crippen MR) is 103 cm³/mol. The summed E-state index contributed by atoms with van der Waals surface area (Å²) in [5, 5.41) is 7.95. The van der Waals surface area contributed by atoms with E-state index >= 15 is 0 Å². The summed E-state index contributed by atoms with van der Waals surface area (Å²) < 4.78 is 0. The van der Waals surface area contributed by atoms with Crippen molar-refractivity contribution in [3.05, 3.63) is 53.5 Å². The van der Waals surface area contributed by atoms with E-state index in [9.17, 15) is 9.59 Å². The molecule has 3 aromatic rings. The van der Waals surface area contributed by atoms with Gasteiger partial charge in [0.05, 0.1) is 17.6 Å². The minimum atomic E-state index is -0.412. The molecule has 2 N–H and O–H groups in total. The average molecular weight is 381 g/mol. The number of carbonyl (C=O) groups is 2. The second-order valence-electron chi connectivity index (χ2n) is 6.92. The zero-order valence-electron chi connectivity index (χ0n) is 14.6. The molecule has 0 saturated carbocycles. The Labute approximate surface area is 160 Å². The van der Waals surface area contributed by atoms with Crippen LogP contribution >= 0.6 is 11.8 Å². The second-order valence-corrected chi connectivity index (χ2v) is 7.92. The average Bonchev–Trinajstić information content (AvgIpc) is 3.45. The molecule has 1 fully saturated rings. The molecule has 4 heterocycles. The summed E-state index contributed by atoms with van der Waals surface area (Å²) in [4.78, 5) is 33.1. The van der Waals surface area contributed by atoms with Crippen LogP contribution in [0.25, 0.3) is 10.9 Å². The number of para-hydroxylation sites is 1. The van der Waals surface area contributed by atoms with E-state index in [1.54, 1.807) is 29.1 Å². The highest BCUT2D eigenvalue weighted by atomic mass is 32.2. The fourth-order valence-corrected chi connectivity index (χ4v) is 5.02. The molecule has 8 heteroatoms. The van der Waals surface area contributed by atoms with Gasteiger partial charge in [0.25, 0.3) is 5.91 Å². The molecular weight excluding hydrogens is 362 g/mol. The number of rotatable bonds is 2. The molecule has 0 spiro atoms. The Morgan fingerprint density at radius 2 is 2.15 bits per heavy atom. The molecule has 5 rings (SSSR count). The predicted octanol–water partition coefficient (Wildman–Crippen LogP) is 1.99. The van der Waals surface area contributed by atoms with Gasteiger partial charge in [-0.3, -0.25) is 14.7 Å². The van der Waals surface area contributed by atoms with Crippen molar-refractivity contribution in [2.45, 2.75) is 19.0 Å². The van der Waals surface area contributed by atoms with Crippen molar-refractivity contribution >= 4 is 34.5 Å². The minimum absolute atomic E-state index is 0.0278. The van der Waals surface area contributed by atoms with Crippen molar-refractivity contribution in [1.29, 1.82) is 0 Å². The van der Waals surface area contributed by atoms with Crippen molar-refractivity contribution < 1.29 is 9.59 Å². The third-order valence-corrected chi connectivity index (χ3v) is 6.37. The number of nitrogens with zero attached hydrogens (tertiary/aromatic N) is 3. The Kier molecular flexibility index (Phi) is 3.93. The van der Waals surface area contributed by atoms with E-state index in [0.29, 0.717) is 30.3 Å². The van der Waals surface area contributed by atoms with Crippen molar-refractivity contribution in [1.82, 2.24) is 25.0 Å². The van der Waals surface area contributed by atoms with Crippen molar-refractivity contribution in [2.24, 2.45) is 0 Å². The van der Waals surface area contributed by atoms with Crippen LogP contribution in [0, 0.1) is 0 Å². The highest BCUT2D eigenvalue weighted by Crippen LogP contribution is 2.28. The van der Waals surface area contributed by atoms with E-state index in [0.717, 1.165) is 28.6 Å². The Morgan fingerprint density at radius 1 is 1.26 bits per heavy atom. The minimum Gasteiger partial charge on any atom is -0.360 e. The first-order valence-electron chi connectivity index (χ1n) is 8.97. The first-order valence-corrected chi connectivity index (χ1v) is 10.1. The molecule has 1 saturated heterocycles. The standard InChI is InChI=1S/C19H19N5O2S/c25-18(14-8-20-16-4-2-1-3-13(14)16)24-11-27-10-17(24)19(26)23-6-5-15-12(9-23)7-21-22-15/h1-4,7-8,17,20H,5-6,9-11H2,(H,21,22). The number of amides is 2. The van der Waals surface area contributed by atoms with Gasteiger partial charge in [-0.15, -0.1) is 11.8 Å². The molecule has 2 aromatic heterocycles. The van der Waals surface area contributed by atoms with Gasteiger partial charge in [-0.25, -0.2) is 0 Å². The summed E-state index contributed by atoms with van der Waals surface area (Å²) in [6.45, 7) is 1.21.